The highest BCUT2D eigenvalue weighted by molar-refractivity contribution is 9.10. The van der Waals surface area contributed by atoms with Crippen molar-refractivity contribution in [2.75, 3.05) is 5.32 Å². The highest BCUT2D eigenvalue weighted by Gasteiger charge is 2.13. The molecule has 0 bridgehead atoms. The van der Waals surface area contributed by atoms with Crippen molar-refractivity contribution >= 4 is 37.5 Å². The van der Waals surface area contributed by atoms with Crippen molar-refractivity contribution in [3.8, 4) is 0 Å². The van der Waals surface area contributed by atoms with Crippen molar-refractivity contribution in [3.63, 3.8) is 0 Å². The first-order valence-corrected chi connectivity index (χ1v) is 7.90. The molecule has 2 aromatic rings. The van der Waals surface area contributed by atoms with E-state index in [9.17, 15) is 18.5 Å². The van der Waals surface area contributed by atoms with E-state index in [1.54, 1.807) is 0 Å². The monoisotopic (exact) mass is 375 g/mol. The number of rotatable bonds is 5. The molecule has 0 aliphatic rings. The summed E-state index contributed by atoms with van der Waals surface area (Å²) in [6, 6.07) is 6.99. The Labute approximate surface area is 128 Å². The van der Waals surface area contributed by atoms with Gasteiger partial charge in [-0.1, -0.05) is 0 Å². The van der Waals surface area contributed by atoms with E-state index in [2.05, 4.69) is 21.2 Å². The molecule has 0 aliphatic carbocycles. The Morgan fingerprint density at radius 3 is 2.57 bits per heavy atom. The summed E-state index contributed by atoms with van der Waals surface area (Å²) in [7, 11) is -3.77. The summed E-state index contributed by atoms with van der Waals surface area (Å²) in [4.78, 5) is 9.84. The number of halogens is 1. The summed E-state index contributed by atoms with van der Waals surface area (Å²) in [6.07, 6.45) is 0. The van der Waals surface area contributed by atoms with Crippen LogP contribution >= 0.6 is 15.9 Å². The smallest absolute Gasteiger partial charge is 0.404 e. The number of nitrogens with zero attached hydrogens (tertiary/aromatic N) is 1. The average molecular weight is 376 g/mol. The molecule has 0 radical (unpaired) electrons. The predicted molar refractivity (Wildman–Crippen MR) is 78.2 cm³/mol. The molecule has 0 fully saturated rings. The summed E-state index contributed by atoms with van der Waals surface area (Å²) >= 11 is 3.22. The fourth-order valence-corrected chi connectivity index (χ4v) is 2.77. The van der Waals surface area contributed by atoms with Crippen LogP contribution in [0.2, 0.25) is 0 Å². The van der Waals surface area contributed by atoms with E-state index in [0.29, 0.717) is 15.9 Å². The lowest BCUT2D eigenvalue weighted by Gasteiger charge is -2.08. The van der Waals surface area contributed by atoms with E-state index in [4.69, 9.17) is 9.56 Å². The predicted octanol–water partition coefficient (Wildman–Crippen LogP) is 2.21. The van der Waals surface area contributed by atoms with Gasteiger partial charge in [-0.25, -0.2) is 13.6 Å². The van der Waals surface area contributed by atoms with Gasteiger partial charge < -0.3 is 9.73 Å². The van der Waals surface area contributed by atoms with Gasteiger partial charge in [-0.05, 0) is 40.2 Å². The summed E-state index contributed by atoms with van der Waals surface area (Å²) in [5.74, 6) is 0.0413. The standard InChI is InChI=1S/C11H10BrN3O5S/c12-9-5-8(21(13,18)19)2-3-10(9)14-6-7-1-4-11(20-7)15(16)17/h1-5,14H,6H2,(H2,13,18,19). The van der Waals surface area contributed by atoms with Gasteiger partial charge in [0.05, 0.1) is 17.5 Å². The van der Waals surface area contributed by atoms with Crippen molar-refractivity contribution in [3.05, 3.63) is 50.7 Å². The number of hydrogen-bond donors (Lipinski definition) is 2. The van der Waals surface area contributed by atoms with Crippen LogP contribution in [-0.2, 0) is 16.6 Å². The second kappa shape index (κ2) is 5.84. The van der Waals surface area contributed by atoms with E-state index < -0.39 is 14.9 Å². The first kappa shape index (κ1) is 15.5. The first-order chi connectivity index (χ1) is 9.77. The minimum absolute atomic E-state index is 0.0199. The number of nitrogens with two attached hydrogens (primary N) is 1. The number of furan rings is 1. The van der Waals surface area contributed by atoms with Crippen LogP contribution < -0.4 is 10.5 Å². The third kappa shape index (κ3) is 3.80. The minimum Gasteiger partial charge on any atom is -0.404 e. The molecule has 8 nitrogen and oxygen atoms in total. The van der Waals surface area contributed by atoms with Crippen LogP contribution in [0.1, 0.15) is 5.76 Å². The molecular formula is C11H10BrN3O5S. The van der Waals surface area contributed by atoms with Crippen molar-refractivity contribution in [1.29, 1.82) is 0 Å². The molecular weight excluding hydrogens is 366 g/mol. The third-order valence-corrected chi connectivity index (χ3v) is 4.12. The Balaban J connectivity index is 2.11. The third-order valence-electron chi connectivity index (χ3n) is 2.55. The molecule has 3 N–H and O–H groups in total. The van der Waals surface area contributed by atoms with Gasteiger partial charge in [0, 0.05) is 10.2 Å². The van der Waals surface area contributed by atoms with Crippen LogP contribution in [0.25, 0.3) is 0 Å². The van der Waals surface area contributed by atoms with Gasteiger partial charge in [-0.2, -0.15) is 0 Å². The van der Waals surface area contributed by atoms with Gasteiger partial charge in [0.15, 0.2) is 0 Å². The maximum absolute atomic E-state index is 11.2. The summed E-state index contributed by atoms with van der Waals surface area (Å²) < 4.78 is 27.9. The number of anilines is 1. The summed E-state index contributed by atoms with van der Waals surface area (Å²) in [5, 5.41) is 18.5. The van der Waals surface area contributed by atoms with Crippen LogP contribution in [0, 0.1) is 10.1 Å². The van der Waals surface area contributed by atoms with Crippen molar-refractivity contribution < 1.29 is 17.8 Å². The quantitative estimate of drug-likeness (QED) is 0.608. The minimum atomic E-state index is -3.77. The topological polar surface area (TPSA) is 128 Å². The van der Waals surface area contributed by atoms with E-state index in [0.717, 1.165) is 0 Å². The van der Waals surface area contributed by atoms with Crippen molar-refractivity contribution in [2.45, 2.75) is 11.4 Å². The van der Waals surface area contributed by atoms with Crippen molar-refractivity contribution in [2.24, 2.45) is 5.14 Å². The molecule has 1 heterocycles. The molecule has 0 atom stereocenters. The van der Waals surface area contributed by atoms with Crippen LogP contribution in [-0.4, -0.2) is 13.3 Å². The van der Waals surface area contributed by atoms with Gasteiger partial charge >= 0.3 is 5.88 Å². The Kier molecular flexibility index (Phi) is 4.30. The zero-order valence-corrected chi connectivity index (χ0v) is 12.8. The Bertz CT molecular complexity index is 787. The van der Waals surface area contributed by atoms with E-state index >= 15 is 0 Å². The van der Waals surface area contributed by atoms with Crippen LogP contribution in [0.3, 0.4) is 0 Å². The van der Waals surface area contributed by atoms with Gasteiger partial charge in [-0.3, -0.25) is 10.1 Å². The van der Waals surface area contributed by atoms with E-state index in [-0.39, 0.29) is 17.3 Å². The molecule has 0 spiro atoms. The molecule has 0 saturated heterocycles. The van der Waals surface area contributed by atoms with Gasteiger partial charge in [-0.15, -0.1) is 0 Å². The Hall–Kier alpha value is -1.91. The van der Waals surface area contributed by atoms with Crippen LogP contribution in [0.4, 0.5) is 11.6 Å². The lowest BCUT2D eigenvalue weighted by atomic mass is 10.3. The number of primary sulfonamides is 1. The highest BCUT2D eigenvalue weighted by Crippen LogP contribution is 2.26. The lowest BCUT2D eigenvalue weighted by molar-refractivity contribution is -0.402. The van der Waals surface area contributed by atoms with Crippen LogP contribution in [0.15, 0.2) is 44.1 Å². The van der Waals surface area contributed by atoms with Crippen LogP contribution in [0.5, 0.6) is 0 Å². The number of nitro groups is 1. The molecule has 1 aromatic heterocycles. The number of benzene rings is 1. The molecule has 10 heteroatoms. The SMILES string of the molecule is NS(=O)(=O)c1ccc(NCc2ccc([N+](=O)[O-])o2)c(Br)c1. The van der Waals surface area contributed by atoms with Gasteiger partial charge in [0.1, 0.15) is 10.7 Å². The largest absolute Gasteiger partial charge is 0.433 e. The first-order valence-electron chi connectivity index (χ1n) is 5.56. The van der Waals surface area contributed by atoms with Gasteiger partial charge in [0.25, 0.3) is 0 Å². The lowest BCUT2D eigenvalue weighted by Crippen LogP contribution is -2.12. The summed E-state index contributed by atoms with van der Waals surface area (Å²) in [6.45, 7) is 0.209. The molecule has 0 saturated carbocycles. The maximum Gasteiger partial charge on any atom is 0.433 e. The Morgan fingerprint density at radius 1 is 1.33 bits per heavy atom. The fraction of sp³-hybridized carbons (Fsp3) is 0.0909. The van der Waals surface area contributed by atoms with E-state index in [1.807, 2.05) is 0 Å². The number of nitrogens with one attached hydrogen (secondary N) is 1. The summed E-state index contributed by atoms with van der Waals surface area (Å²) in [5.41, 5.74) is 0.599. The Morgan fingerprint density at radius 2 is 2.05 bits per heavy atom. The van der Waals surface area contributed by atoms with Gasteiger partial charge in [0.2, 0.25) is 10.0 Å². The maximum atomic E-state index is 11.2. The zero-order chi connectivity index (χ0) is 15.6. The van der Waals surface area contributed by atoms with Crippen molar-refractivity contribution in [1.82, 2.24) is 0 Å². The molecule has 1 aromatic carbocycles. The van der Waals surface area contributed by atoms with E-state index in [1.165, 1.54) is 30.3 Å². The fourth-order valence-electron chi connectivity index (χ4n) is 1.56. The zero-order valence-electron chi connectivity index (χ0n) is 10.4. The highest BCUT2D eigenvalue weighted by atomic mass is 79.9. The molecule has 0 aliphatic heterocycles. The molecule has 112 valence electrons. The second-order valence-electron chi connectivity index (χ2n) is 4.04. The normalized spacial score (nSPS) is 11.3. The number of hydrogen-bond acceptors (Lipinski definition) is 6. The number of sulfonamides is 1. The second-order valence-corrected chi connectivity index (χ2v) is 6.45. The molecule has 21 heavy (non-hydrogen) atoms. The molecule has 0 amide bonds. The molecule has 0 unspecified atom stereocenters. The average Bonchev–Trinajstić information content (AvgIpc) is 2.85. The molecule has 2 rings (SSSR count).